The van der Waals surface area contributed by atoms with Gasteiger partial charge in [0.1, 0.15) is 5.60 Å². The molecular weight excluding hydrogens is 394 g/mol. The van der Waals surface area contributed by atoms with E-state index in [4.69, 9.17) is 0 Å². The number of fused-ring (bicyclic) bond motifs is 1. The molecule has 4 unspecified atom stereocenters. The highest BCUT2D eigenvalue weighted by Crippen LogP contribution is 2.60. The predicted molar refractivity (Wildman–Crippen MR) is 123 cm³/mol. The van der Waals surface area contributed by atoms with Gasteiger partial charge in [-0.25, -0.2) is 8.78 Å². The van der Waals surface area contributed by atoms with Gasteiger partial charge >= 0.3 is 0 Å². The van der Waals surface area contributed by atoms with Crippen molar-refractivity contribution in [1.29, 1.82) is 0 Å². The molecule has 0 saturated heterocycles. The molecule has 0 amide bonds. The molecule has 5 atom stereocenters. The molecule has 2 N–H and O–H groups in total. The number of alkyl halides is 2. The van der Waals surface area contributed by atoms with Crippen LogP contribution < -0.4 is 0 Å². The minimum atomic E-state index is -3.06. The monoisotopic (exact) mass is 436 g/mol. The minimum Gasteiger partial charge on any atom is -0.388 e. The molecule has 3 aliphatic rings. The van der Waals surface area contributed by atoms with Gasteiger partial charge in [0, 0.05) is 6.42 Å². The van der Waals surface area contributed by atoms with E-state index in [1.165, 1.54) is 31.4 Å². The summed E-state index contributed by atoms with van der Waals surface area (Å²) in [7, 11) is 0. The van der Waals surface area contributed by atoms with Crippen molar-refractivity contribution in [2.24, 2.45) is 23.2 Å². The summed E-state index contributed by atoms with van der Waals surface area (Å²) in [4.78, 5) is 0. The summed E-state index contributed by atoms with van der Waals surface area (Å²) >= 11 is 0. The molecule has 0 aromatic heterocycles. The first-order chi connectivity index (χ1) is 14.3. The molecular formula is C27H42F2O2. The highest BCUT2D eigenvalue weighted by molar-refractivity contribution is 5.28. The Morgan fingerprint density at radius 3 is 2.55 bits per heavy atom. The largest absolute Gasteiger partial charge is 0.388 e. The lowest BCUT2D eigenvalue weighted by Gasteiger charge is -2.44. The fraction of sp³-hybridized carbons (Fsp3) is 0.778. The second-order valence-corrected chi connectivity index (χ2v) is 11.3. The quantitative estimate of drug-likeness (QED) is 0.441. The van der Waals surface area contributed by atoms with Crippen LogP contribution in [0.25, 0.3) is 0 Å². The minimum absolute atomic E-state index is 0.173. The third kappa shape index (κ3) is 5.16. The van der Waals surface area contributed by atoms with Crippen molar-refractivity contribution >= 4 is 0 Å². The summed E-state index contributed by atoms with van der Waals surface area (Å²) in [5.74, 6) is -1.85. The van der Waals surface area contributed by atoms with Crippen molar-refractivity contribution in [2.45, 2.75) is 110 Å². The number of rotatable bonds is 6. The molecule has 4 heteroatoms. The fourth-order valence-electron chi connectivity index (χ4n) is 6.49. The SMILES string of the molecule is C=C1CC/C(=C/C=C2\CCCC3(C)C2CCC3[C@H](C)CCC(F)(F)C(C)(C)O)CC1O. The Morgan fingerprint density at radius 1 is 1.19 bits per heavy atom. The molecule has 0 aromatic rings. The van der Waals surface area contributed by atoms with Gasteiger partial charge in [-0.05, 0) is 100 Å². The van der Waals surface area contributed by atoms with Gasteiger partial charge in [0.2, 0.25) is 0 Å². The maximum Gasteiger partial charge on any atom is 0.275 e. The van der Waals surface area contributed by atoms with Crippen LogP contribution >= 0.6 is 0 Å². The number of halogens is 2. The summed E-state index contributed by atoms with van der Waals surface area (Å²) < 4.78 is 28.6. The van der Waals surface area contributed by atoms with Crippen LogP contribution in [0.3, 0.4) is 0 Å². The Hall–Kier alpha value is -1.00. The normalized spacial score (nSPS) is 36.1. The number of aliphatic hydroxyl groups excluding tert-OH is 1. The third-order valence-electron chi connectivity index (χ3n) is 8.76. The van der Waals surface area contributed by atoms with Crippen molar-refractivity contribution < 1.29 is 19.0 Å². The standard InChI is InChI=1S/C27H42F2O2/c1-18(14-16-27(28,29)25(3,4)31)22-12-13-23-21(7-6-15-26(22,23)5)11-10-20-9-8-19(2)24(30)17-20/h10-11,18,22-24,30-31H,2,6-9,12-17H2,1,3-5H3/b20-10-,21-11+/t18-,22?,23?,24?,26?/m1/s1. The number of hydrogen-bond donors (Lipinski definition) is 2. The second-order valence-electron chi connectivity index (χ2n) is 11.3. The molecule has 0 heterocycles. The van der Waals surface area contributed by atoms with E-state index < -0.39 is 17.6 Å². The van der Waals surface area contributed by atoms with E-state index in [1.54, 1.807) is 0 Å². The van der Waals surface area contributed by atoms with Crippen LogP contribution in [0.1, 0.15) is 91.9 Å². The van der Waals surface area contributed by atoms with Crippen LogP contribution in [-0.4, -0.2) is 27.8 Å². The summed E-state index contributed by atoms with van der Waals surface area (Å²) in [6.07, 6.45) is 12.6. The van der Waals surface area contributed by atoms with Crippen LogP contribution in [0.5, 0.6) is 0 Å². The molecule has 2 nitrogen and oxygen atoms in total. The van der Waals surface area contributed by atoms with E-state index >= 15 is 0 Å². The first-order valence-electron chi connectivity index (χ1n) is 12.2. The van der Waals surface area contributed by atoms with E-state index in [0.717, 1.165) is 44.1 Å². The van der Waals surface area contributed by atoms with E-state index in [9.17, 15) is 19.0 Å². The number of allylic oxidation sites excluding steroid dienone is 3. The molecule has 0 aromatic carbocycles. The maximum atomic E-state index is 14.3. The molecule has 31 heavy (non-hydrogen) atoms. The van der Waals surface area contributed by atoms with Crippen LogP contribution in [0.4, 0.5) is 8.78 Å². The average molecular weight is 437 g/mol. The van der Waals surface area contributed by atoms with Crippen LogP contribution in [0.15, 0.2) is 35.5 Å². The molecule has 0 spiro atoms. The van der Waals surface area contributed by atoms with Crippen LogP contribution in [-0.2, 0) is 0 Å². The smallest absolute Gasteiger partial charge is 0.275 e. The zero-order chi connectivity index (χ0) is 23.0. The van der Waals surface area contributed by atoms with Crippen molar-refractivity contribution in [3.63, 3.8) is 0 Å². The zero-order valence-corrected chi connectivity index (χ0v) is 19.9. The van der Waals surface area contributed by atoms with Crippen molar-refractivity contribution in [1.82, 2.24) is 0 Å². The Morgan fingerprint density at radius 2 is 1.90 bits per heavy atom. The van der Waals surface area contributed by atoms with Gasteiger partial charge in [-0.15, -0.1) is 0 Å². The van der Waals surface area contributed by atoms with E-state index in [-0.39, 0.29) is 17.8 Å². The summed E-state index contributed by atoms with van der Waals surface area (Å²) in [6.45, 7) is 10.9. The molecule has 0 aliphatic heterocycles. The summed E-state index contributed by atoms with van der Waals surface area (Å²) in [5.41, 5.74) is 1.96. The van der Waals surface area contributed by atoms with Gasteiger partial charge in [0.15, 0.2) is 0 Å². The molecule has 0 radical (unpaired) electrons. The van der Waals surface area contributed by atoms with Gasteiger partial charge in [-0.2, -0.15) is 0 Å². The van der Waals surface area contributed by atoms with Crippen LogP contribution in [0, 0.1) is 23.2 Å². The molecule has 3 saturated carbocycles. The molecule has 3 fully saturated rings. The van der Waals surface area contributed by atoms with E-state index in [2.05, 4.69) is 32.6 Å². The van der Waals surface area contributed by atoms with E-state index in [0.29, 0.717) is 24.7 Å². The first-order valence-corrected chi connectivity index (χ1v) is 12.2. The molecule has 0 bridgehead atoms. The Kier molecular flexibility index (Phi) is 7.23. The lowest BCUT2D eigenvalue weighted by Crippen LogP contribution is -2.43. The van der Waals surface area contributed by atoms with Crippen molar-refractivity contribution in [3.8, 4) is 0 Å². The van der Waals surface area contributed by atoms with Gasteiger partial charge in [0.25, 0.3) is 5.92 Å². The summed E-state index contributed by atoms with van der Waals surface area (Å²) in [6, 6.07) is 0. The predicted octanol–water partition coefficient (Wildman–Crippen LogP) is 6.98. The lowest BCUT2D eigenvalue weighted by molar-refractivity contribution is -0.168. The summed E-state index contributed by atoms with van der Waals surface area (Å²) in [5, 5.41) is 19.9. The number of hydrogen-bond acceptors (Lipinski definition) is 2. The topological polar surface area (TPSA) is 40.5 Å². The zero-order valence-electron chi connectivity index (χ0n) is 19.9. The van der Waals surface area contributed by atoms with Crippen molar-refractivity contribution in [3.05, 3.63) is 35.5 Å². The Labute approximate surface area is 187 Å². The van der Waals surface area contributed by atoms with Gasteiger partial charge in [-0.3, -0.25) is 0 Å². The number of aliphatic hydroxyl groups is 2. The van der Waals surface area contributed by atoms with E-state index in [1.807, 2.05) is 0 Å². The molecule has 176 valence electrons. The van der Waals surface area contributed by atoms with Crippen LogP contribution in [0.2, 0.25) is 0 Å². The van der Waals surface area contributed by atoms with Gasteiger partial charge in [-0.1, -0.05) is 43.7 Å². The van der Waals surface area contributed by atoms with Gasteiger partial charge in [0.05, 0.1) is 6.10 Å². The third-order valence-corrected chi connectivity index (χ3v) is 8.76. The highest BCUT2D eigenvalue weighted by Gasteiger charge is 2.51. The first kappa shape index (κ1) is 24.6. The Bertz CT molecular complexity index is 730. The average Bonchev–Trinajstić information content (AvgIpc) is 3.04. The van der Waals surface area contributed by atoms with Gasteiger partial charge < -0.3 is 10.2 Å². The Balaban J connectivity index is 1.68. The molecule has 3 rings (SSSR count). The highest BCUT2D eigenvalue weighted by atomic mass is 19.3. The second kappa shape index (κ2) is 9.09. The lowest BCUT2D eigenvalue weighted by atomic mass is 9.60. The molecule has 3 aliphatic carbocycles. The fourth-order valence-corrected chi connectivity index (χ4v) is 6.49. The maximum absolute atomic E-state index is 14.3. The van der Waals surface area contributed by atoms with Crippen molar-refractivity contribution in [2.75, 3.05) is 0 Å².